The molecule has 2 heteroatoms. The monoisotopic (exact) mass is 224 g/mol. The van der Waals surface area contributed by atoms with Crippen LogP contribution in [0.25, 0.3) is 0 Å². The predicted octanol–water partition coefficient (Wildman–Crippen LogP) is 2.79. The molecule has 1 rings (SSSR count). The van der Waals surface area contributed by atoms with E-state index in [4.69, 9.17) is 5.73 Å². The Bertz CT molecular complexity index is 213. The Labute approximate surface area is 101 Å². The van der Waals surface area contributed by atoms with Crippen molar-refractivity contribution in [1.82, 2.24) is 4.90 Å². The van der Waals surface area contributed by atoms with Gasteiger partial charge in [0.25, 0.3) is 0 Å². The summed E-state index contributed by atoms with van der Waals surface area (Å²) >= 11 is 0. The lowest BCUT2D eigenvalue weighted by molar-refractivity contribution is 0.258. The average molecular weight is 224 g/mol. The minimum Gasteiger partial charge on any atom is -0.328 e. The molecule has 1 saturated carbocycles. The van der Waals surface area contributed by atoms with Gasteiger partial charge in [-0.25, -0.2) is 0 Å². The van der Waals surface area contributed by atoms with E-state index in [1.165, 1.54) is 12.8 Å². The molecule has 0 aromatic carbocycles. The molecule has 0 aliphatic heterocycles. The SMILES string of the molecule is C=CCN(CCC(N)CC(C)(C)C)C1CC1. The highest BCUT2D eigenvalue weighted by Crippen LogP contribution is 2.27. The van der Waals surface area contributed by atoms with Gasteiger partial charge >= 0.3 is 0 Å². The van der Waals surface area contributed by atoms with Gasteiger partial charge in [-0.1, -0.05) is 26.8 Å². The van der Waals surface area contributed by atoms with Gasteiger partial charge in [0.05, 0.1) is 0 Å². The first-order chi connectivity index (χ1) is 7.42. The smallest absolute Gasteiger partial charge is 0.0163 e. The van der Waals surface area contributed by atoms with Crippen LogP contribution < -0.4 is 5.73 Å². The highest BCUT2D eigenvalue weighted by molar-refractivity contribution is 4.88. The molecule has 2 N–H and O–H groups in total. The molecule has 0 aromatic heterocycles. The van der Waals surface area contributed by atoms with Crippen LogP contribution in [0.5, 0.6) is 0 Å². The molecule has 0 aromatic rings. The molecule has 1 unspecified atom stereocenters. The summed E-state index contributed by atoms with van der Waals surface area (Å²) in [6.07, 6.45) is 6.96. The second kappa shape index (κ2) is 5.83. The van der Waals surface area contributed by atoms with Crippen molar-refractivity contribution in [1.29, 1.82) is 0 Å². The molecule has 0 heterocycles. The van der Waals surface area contributed by atoms with Crippen LogP contribution in [0.1, 0.15) is 46.5 Å². The molecule has 1 aliphatic carbocycles. The van der Waals surface area contributed by atoms with Gasteiger partial charge in [0.1, 0.15) is 0 Å². The molecule has 0 saturated heterocycles. The molecular formula is C14H28N2. The zero-order valence-corrected chi connectivity index (χ0v) is 11.2. The fourth-order valence-electron chi connectivity index (χ4n) is 2.25. The molecule has 16 heavy (non-hydrogen) atoms. The topological polar surface area (TPSA) is 29.3 Å². The van der Waals surface area contributed by atoms with Crippen LogP contribution in [0.15, 0.2) is 12.7 Å². The van der Waals surface area contributed by atoms with Gasteiger partial charge in [0, 0.05) is 25.2 Å². The summed E-state index contributed by atoms with van der Waals surface area (Å²) in [6, 6.07) is 1.16. The Kier molecular flexibility index (Phi) is 5.00. The standard InChI is InChI=1S/C14H28N2/c1-5-9-16(13-6-7-13)10-8-12(15)11-14(2,3)4/h5,12-13H,1,6-11,15H2,2-4H3. The molecule has 0 radical (unpaired) electrons. The van der Waals surface area contributed by atoms with Crippen LogP contribution in [0, 0.1) is 5.41 Å². The summed E-state index contributed by atoms with van der Waals surface area (Å²) in [5.41, 5.74) is 6.52. The van der Waals surface area contributed by atoms with E-state index < -0.39 is 0 Å². The molecule has 0 bridgehead atoms. The Hall–Kier alpha value is -0.340. The maximum Gasteiger partial charge on any atom is 0.0163 e. The molecule has 94 valence electrons. The van der Waals surface area contributed by atoms with Gasteiger partial charge in [0.15, 0.2) is 0 Å². The number of hydrogen-bond donors (Lipinski definition) is 1. The van der Waals surface area contributed by atoms with Gasteiger partial charge in [0.2, 0.25) is 0 Å². The van der Waals surface area contributed by atoms with Crippen LogP contribution in [0.3, 0.4) is 0 Å². The average Bonchev–Trinajstić information content (AvgIpc) is 2.92. The second-order valence-electron chi connectivity index (χ2n) is 6.33. The highest BCUT2D eigenvalue weighted by atomic mass is 15.2. The number of nitrogens with zero attached hydrogens (tertiary/aromatic N) is 1. The van der Waals surface area contributed by atoms with Gasteiger partial charge in [-0.3, -0.25) is 4.90 Å². The van der Waals surface area contributed by atoms with Crippen molar-refractivity contribution < 1.29 is 0 Å². The normalized spacial score (nSPS) is 18.8. The third-order valence-corrected chi connectivity index (χ3v) is 3.09. The summed E-state index contributed by atoms with van der Waals surface area (Å²) < 4.78 is 0. The van der Waals surface area contributed by atoms with Gasteiger partial charge in [-0.15, -0.1) is 6.58 Å². The van der Waals surface area contributed by atoms with Crippen LogP contribution >= 0.6 is 0 Å². The number of hydrogen-bond acceptors (Lipinski definition) is 2. The number of nitrogens with two attached hydrogens (primary N) is 1. The summed E-state index contributed by atoms with van der Waals surface area (Å²) in [5, 5.41) is 0. The summed E-state index contributed by atoms with van der Waals surface area (Å²) in [7, 11) is 0. The largest absolute Gasteiger partial charge is 0.328 e. The first-order valence-corrected chi connectivity index (χ1v) is 6.53. The van der Waals surface area contributed by atoms with E-state index in [2.05, 4.69) is 32.3 Å². The van der Waals surface area contributed by atoms with Crippen LogP contribution in [-0.4, -0.2) is 30.1 Å². The zero-order valence-electron chi connectivity index (χ0n) is 11.2. The van der Waals surface area contributed by atoms with Crippen molar-refractivity contribution in [2.45, 2.75) is 58.5 Å². The molecular weight excluding hydrogens is 196 g/mol. The molecule has 2 nitrogen and oxygen atoms in total. The maximum atomic E-state index is 6.17. The van der Waals surface area contributed by atoms with Gasteiger partial charge < -0.3 is 5.73 Å². The van der Waals surface area contributed by atoms with Crippen molar-refractivity contribution in [3.8, 4) is 0 Å². The van der Waals surface area contributed by atoms with Crippen molar-refractivity contribution in [2.24, 2.45) is 11.1 Å². The van der Waals surface area contributed by atoms with E-state index in [1.807, 2.05) is 6.08 Å². The Morgan fingerprint density at radius 1 is 1.44 bits per heavy atom. The minimum atomic E-state index is 0.339. The van der Waals surface area contributed by atoms with Crippen LogP contribution in [0.4, 0.5) is 0 Å². The molecule has 1 fully saturated rings. The first-order valence-electron chi connectivity index (χ1n) is 6.53. The van der Waals surface area contributed by atoms with Gasteiger partial charge in [-0.05, 0) is 31.1 Å². The van der Waals surface area contributed by atoms with E-state index in [0.29, 0.717) is 11.5 Å². The van der Waals surface area contributed by atoms with Crippen molar-refractivity contribution in [2.75, 3.05) is 13.1 Å². The Balaban J connectivity index is 2.23. The lowest BCUT2D eigenvalue weighted by Crippen LogP contribution is -2.34. The maximum absolute atomic E-state index is 6.17. The third-order valence-electron chi connectivity index (χ3n) is 3.09. The number of rotatable bonds is 7. The molecule has 0 amide bonds. The fraction of sp³-hybridized carbons (Fsp3) is 0.857. The molecule has 0 spiro atoms. The lowest BCUT2D eigenvalue weighted by Gasteiger charge is -2.26. The first kappa shape index (κ1) is 13.7. The Morgan fingerprint density at radius 2 is 2.06 bits per heavy atom. The zero-order chi connectivity index (χ0) is 12.2. The van der Waals surface area contributed by atoms with Crippen LogP contribution in [-0.2, 0) is 0 Å². The summed E-state index contributed by atoms with van der Waals surface area (Å²) in [4.78, 5) is 2.52. The summed E-state index contributed by atoms with van der Waals surface area (Å²) in [5.74, 6) is 0. The van der Waals surface area contributed by atoms with E-state index in [-0.39, 0.29) is 0 Å². The molecule has 1 aliphatic rings. The minimum absolute atomic E-state index is 0.339. The predicted molar refractivity (Wildman–Crippen MR) is 71.5 cm³/mol. The van der Waals surface area contributed by atoms with E-state index in [9.17, 15) is 0 Å². The van der Waals surface area contributed by atoms with Crippen LogP contribution in [0.2, 0.25) is 0 Å². The van der Waals surface area contributed by atoms with E-state index in [1.54, 1.807) is 0 Å². The summed E-state index contributed by atoms with van der Waals surface area (Å²) in [6.45, 7) is 12.8. The highest BCUT2D eigenvalue weighted by Gasteiger charge is 2.28. The van der Waals surface area contributed by atoms with Crippen molar-refractivity contribution in [3.05, 3.63) is 12.7 Å². The van der Waals surface area contributed by atoms with Gasteiger partial charge in [-0.2, -0.15) is 0 Å². The quantitative estimate of drug-likeness (QED) is 0.674. The third kappa shape index (κ3) is 5.66. The van der Waals surface area contributed by atoms with Crippen molar-refractivity contribution in [3.63, 3.8) is 0 Å². The van der Waals surface area contributed by atoms with E-state index in [0.717, 1.165) is 32.0 Å². The van der Waals surface area contributed by atoms with E-state index >= 15 is 0 Å². The second-order valence-corrected chi connectivity index (χ2v) is 6.33. The Morgan fingerprint density at radius 3 is 2.50 bits per heavy atom. The lowest BCUT2D eigenvalue weighted by atomic mass is 9.87. The fourth-order valence-corrected chi connectivity index (χ4v) is 2.25. The van der Waals surface area contributed by atoms with Crippen molar-refractivity contribution >= 4 is 0 Å². The molecule has 1 atom stereocenters.